The van der Waals surface area contributed by atoms with Crippen molar-refractivity contribution in [2.24, 2.45) is 0 Å². The summed E-state index contributed by atoms with van der Waals surface area (Å²) >= 11 is 0. The van der Waals surface area contributed by atoms with Crippen molar-refractivity contribution in [2.75, 3.05) is 5.32 Å². The number of aromatic nitrogens is 2. The first-order chi connectivity index (χ1) is 9.20. The number of aryl methyl sites for hydroxylation is 1. The summed E-state index contributed by atoms with van der Waals surface area (Å²) in [6, 6.07) is 9.30. The molecule has 98 valence electrons. The first-order valence-electron chi connectivity index (χ1n) is 5.68. The van der Waals surface area contributed by atoms with E-state index in [1.165, 1.54) is 0 Å². The second kappa shape index (κ2) is 5.81. The maximum Gasteiger partial charge on any atom is 0.413 e. The van der Waals surface area contributed by atoms with Gasteiger partial charge >= 0.3 is 6.09 Å². The summed E-state index contributed by atoms with van der Waals surface area (Å²) in [4.78, 5) is 22.4. The van der Waals surface area contributed by atoms with Gasteiger partial charge in [0.15, 0.2) is 12.1 Å². The maximum atomic E-state index is 11.6. The van der Waals surface area contributed by atoms with Crippen LogP contribution in [0.1, 0.15) is 21.6 Å². The van der Waals surface area contributed by atoms with Gasteiger partial charge in [-0.2, -0.15) is 5.10 Å². The molecule has 0 fully saturated rings. The molecule has 0 bridgehead atoms. The van der Waals surface area contributed by atoms with E-state index in [-0.39, 0.29) is 12.4 Å². The third-order valence-electron chi connectivity index (χ3n) is 2.55. The molecule has 1 aromatic heterocycles. The number of anilines is 1. The van der Waals surface area contributed by atoms with Gasteiger partial charge in [0.1, 0.15) is 6.61 Å². The van der Waals surface area contributed by atoms with Gasteiger partial charge in [-0.1, -0.05) is 30.3 Å². The normalized spacial score (nSPS) is 9.95. The van der Waals surface area contributed by atoms with Crippen LogP contribution in [0.4, 0.5) is 10.6 Å². The number of nitrogens with one attached hydrogen (secondary N) is 2. The summed E-state index contributed by atoms with van der Waals surface area (Å²) < 4.78 is 5.02. The Labute approximate surface area is 109 Å². The Morgan fingerprint density at radius 3 is 2.84 bits per heavy atom. The molecule has 0 aliphatic carbocycles. The van der Waals surface area contributed by atoms with Gasteiger partial charge in [-0.25, -0.2) is 4.79 Å². The minimum atomic E-state index is -0.654. The molecule has 6 heteroatoms. The summed E-state index contributed by atoms with van der Waals surface area (Å²) in [5.74, 6) is 0.172. The zero-order valence-corrected chi connectivity index (χ0v) is 10.3. The molecule has 2 N–H and O–H groups in total. The average Bonchev–Trinajstić information content (AvgIpc) is 2.78. The van der Waals surface area contributed by atoms with Crippen molar-refractivity contribution in [2.45, 2.75) is 13.5 Å². The molecule has 2 aromatic rings. The molecule has 0 aliphatic heterocycles. The van der Waals surface area contributed by atoms with Crippen LogP contribution in [0.5, 0.6) is 0 Å². The van der Waals surface area contributed by atoms with Gasteiger partial charge in [-0.3, -0.25) is 15.2 Å². The number of carbonyl (C=O) groups is 2. The van der Waals surface area contributed by atoms with Crippen LogP contribution in [-0.2, 0) is 11.3 Å². The summed E-state index contributed by atoms with van der Waals surface area (Å²) in [5, 5.41) is 8.85. The van der Waals surface area contributed by atoms with Gasteiger partial charge in [0.25, 0.3) is 0 Å². The lowest BCUT2D eigenvalue weighted by Gasteiger charge is -2.05. The molecule has 0 saturated heterocycles. The molecule has 0 radical (unpaired) electrons. The Hall–Kier alpha value is -2.63. The predicted molar refractivity (Wildman–Crippen MR) is 69.0 cm³/mol. The summed E-state index contributed by atoms with van der Waals surface area (Å²) in [5.41, 5.74) is 1.79. The number of benzene rings is 1. The molecular weight excluding hydrogens is 246 g/mol. The molecule has 0 aliphatic rings. The molecule has 1 amide bonds. The zero-order valence-electron chi connectivity index (χ0n) is 10.3. The zero-order chi connectivity index (χ0) is 13.7. The first kappa shape index (κ1) is 12.8. The van der Waals surface area contributed by atoms with E-state index >= 15 is 0 Å². The smallest absolute Gasteiger partial charge is 0.413 e. The van der Waals surface area contributed by atoms with Crippen molar-refractivity contribution >= 4 is 18.2 Å². The predicted octanol–water partition coefficient (Wildman–Crippen LogP) is 2.28. The molecule has 0 saturated carbocycles. The van der Waals surface area contributed by atoms with Crippen molar-refractivity contribution < 1.29 is 14.3 Å². The van der Waals surface area contributed by atoms with Crippen molar-refractivity contribution in [3.8, 4) is 0 Å². The Kier molecular flexibility index (Phi) is 3.92. The van der Waals surface area contributed by atoms with Crippen LogP contribution in [0.25, 0.3) is 0 Å². The second-order valence-corrected chi connectivity index (χ2v) is 3.92. The second-order valence-electron chi connectivity index (χ2n) is 3.92. The Bertz CT molecular complexity index is 578. The van der Waals surface area contributed by atoms with Gasteiger partial charge < -0.3 is 4.74 Å². The Balaban J connectivity index is 1.93. The molecule has 0 atom stereocenters. The van der Waals surface area contributed by atoms with E-state index in [1.807, 2.05) is 30.3 Å². The van der Waals surface area contributed by atoms with Crippen LogP contribution in [0.2, 0.25) is 0 Å². The van der Waals surface area contributed by atoms with E-state index in [2.05, 4.69) is 15.5 Å². The van der Waals surface area contributed by atoms with Crippen LogP contribution in [0.15, 0.2) is 30.3 Å². The number of rotatable bonds is 4. The van der Waals surface area contributed by atoms with E-state index in [0.29, 0.717) is 17.5 Å². The Morgan fingerprint density at radius 2 is 2.16 bits per heavy atom. The van der Waals surface area contributed by atoms with Crippen LogP contribution in [-0.4, -0.2) is 22.6 Å². The van der Waals surface area contributed by atoms with Crippen molar-refractivity contribution in [1.29, 1.82) is 0 Å². The number of nitrogens with zero attached hydrogens (tertiary/aromatic N) is 1. The molecular formula is C13H13N3O3. The highest BCUT2D eigenvalue weighted by Gasteiger charge is 2.12. The SMILES string of the molecule is Cc1[nH]nc(NC(=O)OCc2ccccc2)c1C=O. The molecule has 19 heavy (non-hydrogen) atoms. The summed E-state index contributed by atoms with van der Waals surface area (Å²) in [6.07, 6.45) is -0.0236. The van der Waals surface area contributed by atoms with E-state index in [0.717, 1.165) is 5.56 Å². The monoisotopic (exact) mass is 259 g/mol. The lowest BCUT2D eigenvalue weighted by atomic mass is 10.2. The highest BCUT2D eigenvalue weighted by molar-refractivity contribution is 5.92. The maximum absolute atomic E-state index is 11.6. The van der Waals surface area contributed by atoms with E-state index < -0.39 is 6.09 Å². The van der Waals surface area contributed by atoms with Gasteiger partial charge in [0, 0.05) is 5.69 Å². The fraction of sp³-hybridized carbons (Fsp3) is 0.154. The number of aldehydes is 1. The van der Waals surface area contributed by atoms with Crippen molar-refractivity contribution in [1.82, 2.24) is 10.2 Å². The molecule has 1 aromatic carbocycles. The number of aromatic amines is 1. The van der Waals surface area contributed by atoms with E-state index in [4.69, 9.17) is 4.74 Å². The topological polar surface area (TPSA) is 84.1 Å². The number of hydrogen-bond donors (Lipinski definition) is 2. The highest BCUT2D eigenvalue weighted by atomic mass is 16.5. The molecule has 6 nitrogen and oxygen atoms in total. The number of amides is 1. The first-order valence-corrected chi connectivity index (χ1v) is 5.68. The summed E-state index contributed by atoms with van der Waals surface area (Å²) in [7, 11) is 0. The van der Waals surface area contributed by atoms with Crippen molar-refractivity contribution in [3.63, 3.8) is 0 Å². The standard InChI is InChI=1S/C13H13N3O3/c1-9-11(7-17)12(16-15-9)14-13(18)19-8-10-5-3-2-4-6-10/h2-7H,8H2,1H3,(H2,14,15,16,18). The van der Waals surface area contributed by atoms with E-state index in [9.17, 15) is 9.59 Å². The number of H-pyrrole nitrogens is 1. The van der Waals surface area contributed by atoms with Gasteiger partial charge in [0.05, 0.1) is 5.56 Å². The quantitative estimate of drug-likeness (QED) is 0.825. The third kappa shape index (κ3) is 3.19. The molecule has 0 spiro atoms. The molecule has 1 heterocycles. The van der Waals surface area contributed by atoms with Crippen LogP contribution < -0.4 is 5.32 Å². The molecule has 2 rings (SSSR count). The number of hydrogen-bond acceptors (Lipinski definition) is 4. The lowest BCUT2D eigenvalue weighted by Crippen LogP contribution is -2.14. The lowest BCUT2D eigenvalue weighted by molar-refractivity contribution is 0.112. The fourth-order valence-corrected chi connectivity index (χ4v) is 1.53. The van der Waals surface area contributed by atoms with Gasteiger partial charge in [-0.05, 0) is 12.5 Å². The van der Waals surface area contributed by atoms with Gasteiger partial charge in [0.2, 0.25) is 0 Å². The summed E-state index contributed by atoms with van der Waals surface area (Å²) in [6.45, 7) is 1.85. The van der Waals surface area contributed by atoms with Crippen LogP contribution in [0, 0.1) is 6.92 Å². The highest BCUT2D eigenvalue weighted by Crippen LogP contribution is 2.13. The van der Waals surface area contributed by atoms with E-state index in [1.54, 1.807) is 6.92 Å². The third-order valence-corrected chi connectivity index (χ3v) is 2.55. The largest absolute Gasteiger partial charge is 0.444 e. The van der Waals surface area contributed by atoms with Crippen LogP contribution in [0.3, 0.4) is 0 Å². The van der Waals surface area contributed by atoms with Gasteiger partial charge in [-0.15, -0.1) is 0 Å². The van der Waals surface area contributed by atoms with Crippen LogP contribution >= 0.6 is 0 Å². The molecule has 0 unspecified atom stereocenters. The average molecular weight is 259 g/mol. The minimum Gasteiger partial charge on any atom is -0.444 e. The number of ether oxygens (including phenoxy) is 1. The minimum absolute atomic E-state index is 0.159. The number of carbonyl (C=O) groups excluding carboxylic acids is 2. The Morgan fingerprint density at radius 1 is 1.42 bits per heavy atom. The van der Waals surface area contributed by atoms with Crippen molar-refractivity contribution in [3.05, 3.63) is 47.2 Å². The fourth-order valence-electron chi connectivity index (χ4n) is 1.53.